The molecule has 0 aliphatic rings. The lowest BCUT2D eigenvalue weighted by Crippen LogP contribution is -2.38. The van der Waals surface area contributed by atoms with Crippen molar-refractivity contribution in [2.75, 3.05) is 13.6 Å². The minimum absolute atomic E-state index is 0. The van der Waals surface area contributed by atoms with Gasteiger partial charge in [0.05, 0.1) is 11.4 Å². The number of para-hydroxylation sites is 1. The van der Waals surface area contributed by atoms with Gasteiger partial charge in [0.15, 0.2) is 5.96 Å². The molecule has 2 heterocycles. The van der Waals surface area contributed by atoms with E-state index in [2.05, 4.69) is 67.5 Å². The van der Waals surface area contributed by atoms with Crippen LogP contribution in [0.3, 0.4) is 0 Å². The van der Waals surface area contributed by atoms with Gasteiger partial charge in [-0.15, -0.1) is 34.2 Å². The first kappa shape index (κ1) is 22.9. The van der Waals surface area contributed by atoms with Gasteiger partial charge < -0.3 is 15.2 Å². The molecule has 0 fully saturated rings. The zero-order valence-corrected chi connectivity index (χ0v) is 19.7. The van der Waals surface area contributed by atoms with Crippen LogP contribution < -0.4 is 10.6 Å². The lowest BCUT2D eigenvalue weighted by atomic mass is 10.1. The van der Waals surface area contributed by atoms with Crippen LogP contribution in [-0.4, -0.2) is 44.1 Å². The molecule has 8 nitrogen and oxygen atoms in total. The second-order valence-corrected chi connectivity index (χ2v) is 6.61. The Bertz CT molecular complexity index is 944. The highest BCUT2D eigenvalue weighted by molar-refractivity contribution is 14.0. The Kier molecular flexibility index (Phi) is 8.62. The Morgan fingerprint density at radius 1 is 1.17 bits per heavy atom. The van der Waals surface area contributed by atoms with Crippen LogP contribution in [0.25, 0.3) is 5.69 Å². The highest BCUT2D eigenvalue weighted by Crippen LogP contribution is 2.16. The zero-order chi connectivity index (χ0) is 19.9. The fraction of sp³-hybridized carbons (Fsp3) is 0.400. The molecule has 29 heavy (non-hydrogen) atoms. The van der Waals surface area contributed by atoms with E-state index in [-0.39, 0.29) is 24.0 Å². The lowest BCUT2D eigenvalue weighted by Gasteiger charge is -2.15. The van der Waals surface area contributed by atoms with Gasteiger partial charge >= 0.3 is 0 Å². The third-order valence-electron chi connectivity index (χ3n) is 4.56. The monoisotopic (exact) mass is 508 g/mol. The quantitative estimate of drug-likeness (QED) is 0.291. The normalized spacial score (nSPS) is 11.2. The van der Waals surface area contributed by atoms with E-state index in [1.807, 2.05) is 23.7 Å². The van der Waals surface area contributed by atoms with Crippen molar-refractivity contribution in [3.8, 4) is 5.69 Å². The summed E-state index contributed by atoms with van der Waals surface area (Å²) in [4.78, 5) is 4.32. The summed E-state index contributed by atoms with van der Waals surface area (Å²) in [6.45, 7) is 8.34. The summed E-state index contributed by atoms with van der Waals surface area (Å²) in [5, 5.41) is 19.4. The van der Waals surface area contributed by atoms with Crippen molar-refractivity contribution >= 4 is 29.9 Å². The maximum Gasteiger partial charge on any atom is 0.191 e. The Morgan fingerprint density at radius 2 is 1.97 bits per heavy atom. The molecule has 2 aromatic heterocycles. The van der Waals surface area contributed by atoms with Gasteiger partial charge in [-0.05, 0) is 31.5 Å². The van der Waals surface area contributed by atoms with E-state index in [9.17, 15) is 0 Å². The summed E-state index contributed by atoms with van der Waals surface area (Å²) in [6, 6.07) is 10.4. The van der Waals surface area contributed by atoms with Crippen molar-refractivity contribution in [1.82, 2.24) is 35.2 Å². The van der Waals surface area contributed by atoms with Crippen molar-refractivity contribution in [2.24, 2.45) is 4.99 Å². The van der Waals surface area contributed by atoms with Crippen LogP contribution in [-0.2, 0) is 19.5 Å². The fourth-order valence-electron chi connectivity index (χ4n) is 3.17. The molecule has 0 spiro atoms. The van der Waals surface area contributed by atoms with Crippen LogP contribution in [0, 0.1) is 13.8 Å². The lowest BCUT2D eigenvalue weighted by molar-refractivity contribution is 0.632. The molecule has 0 amide bonds. The number of hydrogen-bond acceptors (Lipinski definition) is 4. The zero-order valence-electron chi connectivity index (χ0n) is 17.4. The molecule has 2 N–H and O–H groups in total. The van der Waals surface area contributed by atoms with E-state index in [0.29, 0.717) is 6.54 Å². The molecular formula is C20H29IN8. The van der Waals surface area contributed by atoms with Gasteiger partial charge in [-0.3, -0.25) is 4.99 Å². The largest absolute Gasteiger partial charge is 0.355 e. The maximum absolute atomic E-state index is 4.61. The number of nitrogens with zero attached hydrogens (tertiary/aromatic N) is 6. The van der Waals surface area contributed by atoms with Gasteiger partial charge in [-0.25, -0.2) is 4.68 Å². The molecule has 0 saturated heterocycles. The third-order valence-corrected chi connectivity index (χ3v) is 4.56. The van der Waals surface area contributed by atoms with E-state index < -0.39 is 0 Å². The van der Waals surface area contributed by atoms with Crippen molar-refractivity contribution in [2.45, 2.75) is 40.3 Å². The number of guanidine groups is 1. The molecule has 0 bridgehead atoms. The number of benzene rings is 1. The molecule has 3 aromatic rings. The van der Waals surface area contributed by atoms with Gasteiger partial charge in [0.2, 0.25) is 0 Å². The average molecular weight is 508 g/mol. The van der Waals surface area contributed by atoms with Crippen LogP contribution in [0.5, 0.6) is 0 Å². The molecule has 0 radical (unpaired) electrons. The number of halogens is 1. The highest BCUT2D eigenvalue weighted by atomic mass is 127. The van der Waals surface area contributed by atoms with E-state index in [0.717, 1.165) is 53.9 Å². The smallest absolute Gasteiger partial charge is 0.191 e. The van der Waals surface area contributed by atoms with Crippen LogP contribution in [0.1, 0.15) is 29.7 Å². The Labute approximate surface area is 188 Å². The number of aryl methyl sites for hydroxylation is 3. The summed E-state index contributed by atoms with van der Waals surface area (Å²) in [7, 11) is 1.78. The molecule has 3 rings (SSSR count). The predicted octanol–water partition coefficient (Wildman–Crippen LogP) is 2.63. The number of rotatable bonds is 7. The van der Waals surface area contributed by atoms with Crippen LogP contribution >= 0.6 is 24.0 Å². The molecule has 9 heteroatoms. The maximum atomic E-state index is 4.61. The third kappa shape index (κ3) is 5.78. The second kappa shape index (κ2) is 10.9. The number of hydrogen-bond donors (Lipinski definition) is 2. The summed E-state index contributed by atoms with van der Waals surface area (Å²) in [6.07, 6.45) is 2.64. The standard InChI is InChI=1S/C20H28N8.HI/c1-5-19-25-24-14-27(19)11-10-22-20(21-4)23-13-17-8-6-7-9-18(17)28-16(3)12-15(2)26-28;/h6-9,12,14H,5,10-11,13H2,1-4H3,(H2,21,22,23);1H. The molecule has 0 atom stereocenters. The molecular weight excluding hydrogens is 479 g/mol. The van der Waals surface area contributed by atoms with E-state index in [1.165, 1.54) is 0 Å². The van der Waals surface area contributed by atoms with Crippen molar-refractivity contribution in [3.05, 3.63) is 59.4 Å². The van der Waals surface area contributed by atoms with Crippen LogP contribution in [0.15, 0.2) is 41.7 Å². The molecule has 0 aliphatic carbocycles. The summed E-state index contributed by atoms with van der Waals surface area (Å²) in [5.41, 5.74) is 4.36. The summed E-state index contributed by atoms with van der Waals surface area (Å²) < 4.78 is 4.04. The van der Waals surface area contributed by atoms with Gasteiger partial charge in [-0.1, -0.05) is 25.1 Å². The number of aromatic nitrogens is 5. The molecule has 0 saturated carbocycles. The van der Waals surface area contributed by atoms with Crippen LogP contribution in [0.4, 0.5) is 0 Å². The molecule has 0 aliphatic heterocycles. The molecule has 156 valence electrons. The minimum Gasteiger partial charge on any atom is -0.355 e. The molecule has 0 unspecified atom stereocenters. The fourth-order valence-corrected chi connectivity index (χ4v) is 3.17. The number of nitrogens with one attached hydrogen (secondary N) is 2. The van der Waals surface area contributed by atoms with Gasteiger partial charge in [0, 0.05) is 38.8 Å². The average Bonchev–Trinajstić information content (AvgIpc) is 3.29. The van der Waals surface area contributed by atoms with Gasteiger partial charge in [0.25, 0.3) is 0 Å². The van der Waals surface area contributed by atoms with E-state index in [4.69, 9.17) is 0 Å². The minimum atomic E-state index is 0. The second-order valence-electron chi connectivity index (χ2n) is 6.61. The highest BCUT2D eigenvalue weighted by Gasteiger charge is 2.09. The Balaban J connectivity index is 0.00000300. The SMILES string of the molecule is CCc1nncn1CCNC(=NC)NCc1ccccc1-n1nc(C)cc1C.I. The first-order chi connectivity index (χ1) is 13.6. The number of aliphatic imine (C=N–C) groups is 1. The first-order valence-electron chi connectivity index (χ1n) is 9.55. The first-order valence-corrected chi connectivity index (χ1v) is 9.55. The topological polar surface area (TPSA) is 85.0 Å². The summed E-state index contributed by atoms with van der Waals surface area (Å²) >= 11 is 0. The van der Waals surface area contributed by atoms with E-state index >= 15 is 0 Å². The molecule has 1 aromatic carbocycles. The predicted molar refractivity (Wildman–Crippen MR) is 126 cm³/mol. The summed E-state index contributed by atoms with van der Waals surface area (Å²) in [5.74, 6) is 1.75. The van der Waals surface area contributed by atoms with Crippen LogP contribution in [0.2, 0.25) is 0 Å². The van der Waals surface area contributed by atoms with Gasteiger partial charge in [-0.2, -0.15) is 5.10 Å². The Hall–Kier alpha value is -2.43. The Morgan fingerprint density at radius 3 is 2.66 bits per heavy atom. The van der Waals surface area contributed by atoms with Crippen molar-refractivity contribution < 1.29 is 0 Å². The van der Waals surface area contributed by atoms with Crippen molar-refractivity contribution in [3.63, 3.8) is 0 Å². The van der Waals surface area contributed by atoms with Gasteiger partial charge in [0.1, 0.15) is 12.2 Å². The van der Waals surface area contributed by atoms with E-state index in [1.54, 1.807) is 13.4 Å². The van der Waals surface area contributed by atoms with Crippen molar-refractivity contribution in [1.29, 1.82) is 0 Å².